The van der Waals surface area contributed by atoms with E-state index in [-0.39, 0.29) is 13.7 Å². The lowest BCUT2D eigenvalue weighted by atomic mass is 9.43. The maximum Gasteiger partial charge on any atom is 0.333 e. The van der Waals surface area contributed by atoms with Crippen molar-refractivity contribution in [3.8, 4) is 22.3 Å². The van der Waals surface area contributed by atoms with Crippen LogP contribution < -0.4 is 31.7 Å². The standard InChI is InChI=1S/C62H34B2N4O2/c1-3-15-37(16-4-1)67-46-26-28-51-55(39-19-7-9-23-49(39)69-51)57(46)64-59-47(67)33-43-44(54(59)42-22-12-14-36-30-32-66(64)61(36)42)34-48-58-53(43)41-21-11-13-35-29-31-65(60(35)41)63(58)45-25-27-52-56(40-20-8-10-24-50(40)70-52)62(45)68(48)38-17-5-2-6-18-38/h1-34H. The predicted octanol–water partition coefficient (Wildman–Crippen LogP) is 13.4. The summed E-state index contributed by atoms with van der Waals surface area (Å²) in [6.45, 7) is -0.255. The topological polar surface area (TPSA) is 42.6 Å². The second-order valence-electron chi connectivity index (χ2n) is 19.5. The maximum absolute atomic E-state index is 6.73. The molecule has 14 aromatic rings. The number of nitrogens with zero attached hydrogens (tertiary/aromatic N) is 4. The highest BCUT2D eigenvalue weighted by atomic mass is 16.3. The first-order valence-electron chi connectivity index (χ1n) is 24.2. The van der Waals surface area contributed by atoms with Gasteiger partial charge in [-0.05, 0) is 146 Å². The van der Waals surface area contributed by atoms with E-state index in [1.54, 1.807) is 0 Å². The van der Waals surface area contributed by atoms with E-state index in [4.69, 9.17) is 8.83 Å². The van der Waals surface area contributed by atoms with Crippen LogP contribution in [0.1, 0.15) is 0 Å². The van der Waals surface area contributed by atoms with Crippen LogP contribution in [0.4, 0.5) is 34.1 Å². The van der Waals surface area contributed by atoms with Crippen molar-refractivity contribution in [2.24, 2.45) is 0 Å². The zero-order valence-corrected chi connectivity index (χ0v) is 37.4. The summed E-state index contributed by atoms with van der Waals surface area (Å²) < 4.78 is 18.6. The first-order chi connectivity index (χ1) is 34.8. The van der Waals surface area contributed by atoms with Crippen LogP contribution in [0.3, 0.4) is 0 Å². The van der Waals surface area contributed by atoms with Crippen LogP contribution in [-0.4, -0.2) is 22.7 Å². The molecule has 4 aliphatic heterocycles. The molecule has 4 aromatic heterocycles. The van der Waals surface area contributed by atoms with Crippen molar-refractivity contribution in [2.45, 2.75) is 0 Å². The normalized spacial score (nSPS) is 13.9. The van der Waals surface area contributed by atoms with Crippen LogP contribution in [0.25, 0.3) is 98.7 Å². The molecule has 8 heterocycles. The summed E-state index contributed by atoms with van der Waals surface area (Å²) in [5, 5.41) is 9.50. The summed E-state index contributed by atoms with van der Waals surface area (Å²) in [5.41, 5.74) is 23.2. The number of para-hydroxylation sites is 6. The minimum atomic E-state index is -0.148. The molecule has 0 amide bonds. The molecule has 0 radical (unpaired) electrons. The van der Waals surface area contributed by atoms with Gasteiger partial charge < -0.3 is 27.6 Å². The largest absolute Gasteiger partial charge is 0.456 e. The quantitative estimate of drug-likeness (QED) is 0.162. The molecule has 0 N–H and O–H groups in total. The summed E-state index contributed by atoms with van der Waals surface area (Å²) in [6, 6.07) is 71.6. The number of rotatable bonds is 2. The Bertz CT molecular complexity index is 4700. The molecular weight excluding hydrogens is 854 g/mol. The van der Waals surface area contributed by atoms with Gasteiger partial charge in [0.05, 0.1) is 11.1 Å². The highest BCUT2D eigenvalue weighted by Crippen LogP contribution is 2.53. The van der Waals surface area contributed by atoms with Gasteiger partial charge in [-0.3, -0.25) is 0 Å². The third-order valence-corrected chi connectivity index (χ3v) is 16.3. The second-order valence-corrected chi connectivity index (χ2v) is 19.5. The molecule has 0 aliphatic carbocycles. The predicted molar refractivity (Wildman–Crippen MR) is 291 cm³/mol. The Labute approximate surface area is 400 Å². The molecule has 6 nitrogen and oxygen atoms in total. The fourth-order valence-electron chi connectivity index (χ4n) is 13.7. The number of fused-ring (bicyclic) bond motifs is 19. The van der Waals surface area contributed by atoms with Gasteiger partial charge in [0.15, 0.2) is 0 Å². The van der Waals surface area contributed by atoms with Crippen molar-refractivity contribution in [3.63, 3.8) is 0 Å². The molecule has 4 aliphatic rings. The van der Waals surface area contributed by atoms with E-state index in [0.29, 0.717) is 0 Å². The van der Waals surface area contributed by atoms with Crippen LogP contribution >= 0.6 is 0 Å². The number of hydrogen-bond donors (Lipinski definition) is 0. The maximum atomic E-state index is 6.73. The third kappa shape index (κ3) is 4.19. The Balaban J connectivity index is 1.08. The van der Waals surface area contributed by atoms with Crippen molar-refractivity contribution >= 4 is 146 Å². The average molecular weight is 889 g/mol. The Morgan fingerprint density at radius 1 is 0.357 bits per heavy atom. The molecule has 0 spiro atoms. The van der Waals surface area contributed by atoms with Gasteiger partial charge in [-0.2, -0.15) is 0 Å². The lowest BCUT2D eigenvalue weighted by Gasteiger charge is -2.43. The average Bonchev–Trinajstić information content (AvgIpc) is 4.22. The van der Waals surface area contributed by atoms with Crippen LogP contribution in [0.2, 0.25) is 0 Å². The summed E-state index contributed by atoms with van der Waals surface area (Å²) in [4.78, 5) is 5.10. The van der Waals surface area contributed by atoms with Crippen molar-refractivity contribution in [1.82, 2.24) is 8.96 Å². The van der Waals surface area contributed by atoms with Crippen molar-refractivity contribution in [1.29, 1.82) is 0 Å². The molecule has 0 bridgehead atoms. The van der Waals surface area contributed by atoms with Gasteiger partial charge in [0.25, 0.3) is 0 Å². The third-order valence-electron chi connectivity index (χ3n) is 16.3. The van der Waals surface area contributed by atoms with Gasteiger partial charge in [-0.15, -0.1) is 0 Å². The fraction of sp³-hybridized carbons (Fsp3) is 0. The summed E-state index contributed by atoms with van der Waals surface area (Å²) in [7, 11) is 0. The molecule has 70 heavy (non-hydrogen) atoms. The van der Waals surface area contributed by atoms with Crippen LogP contribution in [0, 0.1) is 0 Å². The van der Waals surface area contributed by atoms with Crippen LogP contribution in [-0.2, 0) is 0 Å². The van der Waals surface area contributed by atoms with Gasteiger partial charge >= 0.3 is 13.7 Å². The zero-order valence-electron chi connectivity index (χ0n) is 37.4. The van der Waals surface area contributed by atoms with E-state index in [2.05, 4.69) is 225 Å². The van der Waals surface area contributed by atoms with E-state index in [1.165, 1.54) is 88.1 Å². The summed E-state index contributed by atoms with van der Waals surface area (Å²) in [6.07, 6.45) is 4.64. The molecule has 18 rings (SSSR count). The van der Waals surface area contributed by atoms with E-state index >= 15 is 0 Å². The van der Waals surface area contributed by atoms with Gasteiger partial charge in [0.2, 0.25) is 0 Å². The molecule has 0 atom stereocenters. The lowest BCUT2D eigenvalue weighted by Crippen LogP contribution is -2.57. The summed E-state index contributed by atoms with van der Waals surface area (Å²) in [5.74, 6) is 0. The Morgan fingerprint density at radius 3 is 1.54 bits per heavy atom. The van der Waals surface area contributed by atoms with Gasteiger partial charge in [0.1, 0.15) is 22.3 Å². The van der Waals surface area contributed by atoms with E-state index < -0.39 is 0 Å². The Kier molecular flexibility index (Phi) is 6.42. The number of hydrogen-bond acceptors (Lipinski definition) is 4. The highest BCUT2D eigenvalue weighted by Gasteiger charge is 2.47. The van der Waals surface area contributed by atoms with Crippen molar-refractivity contribution < 1.29 is 8.83 Å². The molecule has 0 saturated heterocycles. The van der Waals surface area contributed by atoms with E-state index in [0.717, 1.165) is 66.6 Å². The SMILES string of the molecule is c1ccc(N2c3cc4c5c6c(cc4c4c3B(c3c2ccc2oc7ccccc7c32)n2ccc3cccc-4c32)N(c2ccccc2)c2c(ccc3oc4ccccc4c23)B6n2ccc3cccc-5c32)cc1. The number of furan rings is 2. The van der Waals surface area contributed by atoms with E-state index in [9.17, 15) is 0 Å². The van der Waals surface area contributed by atoms with Crippen molar-refractivity contribution in [3.05, 3.63) is 207 Å². The minimum absolute atomic E-state index is 0.107. The van der Waals surface area contributed by atoms with Gasteiger partial charge in [-0.1, -0.05) is 115 Å². The molecule has 320 valence electrons. The lowest BCUT2D eigenvalue weighted by molar-refractivity contribution is 0.668. The second kappa shape index (κ2) is 12.5. The van der Waals surface area contributed by atoms with Crippen LogP contribution in [0.15, 0.2) is 215 Å². The van der Waals surface area contributed by atoms with E-state index in [1.807, 2.05) is 0 Å². The van der Waals surface area contributed by atoms with Crippen LogP contribution in [0.5, 0.6) is 0 Å². The Hall–Kier alpha value is -9.13. The smallest absolute Gasteiger partial charge is 0.333 e. The zero-order chi connectivity index (χ0) is 45.1. The first kappa shape index (κ1) is 36.0. The van der Waals surface area contributed by atoms with Gasteiger partial charge in [-0.25, -0.2) is 0 Å². The fourth-order valence-corrected chi connectivity index (χ4v) is 13.7. The molecule has 10 aromatic carbocycles. The molecule has 8 heteroatoms. The van der Waals surface area contributed by atoms with Gasteiger partial charge in [0, 0.05) is 66.8 Å². The molecule has 0 saturated carbocycles. The monoisotopic (exact) mass is 888 g/mol. The minimum Gasteiger partial charge on any atom is -0.456 e. The highest BCUT2D eigenvalue weighted by molar-refractivity contribution is 6.92. The number of aromatic nitrogens is 2. The Morgan fingerprint density at radius 2 is 0.886 bits per heavy atom. The van der Waals surface area contributed by atoms with Crippen molar-refractivity contribution in [2.75, 3.05) is 9.80 Å². The number of anilines is 6. The number of benzene rings is 10. The first-order valence-corrected chi connectivity index (χ1v) is 24.2. The summed E-state index contributed by atoms with van der Waals surface area (Å²) >= 11 is 0. The molecule has 0 unspecified atom stereocenters. The molecular formula is C62H34B2N4O2. The molecule has 0 fully saturated rings.